The summed E-state index contributed by atoms with van der Waals surface area (Å²) in [7, 11) is 3.15. The highest BCUT2D eigenvalue weighted by Gasteiger charge is 2.12. The van der Waals surface area contributed by atoms with Crippen molar-refractivity contribution < 1.29 is 9.47 Å². The van der Waals surface area contributed by atoms with Gasteiger partial charge in [0.05, 0.1) is 19.8 Å². The zero-order chi connectivity index (χ0) is 11.4. The number of ether oxygens (including phenoxy) is 2. The van der Waals surface area contributed by atoms with Crippen LogP contribution in [-0.2, 0) is 0 Å². The number of hydrogen-bond acceptors (Lipinski definition) is 5. The van der Waals surface area contributed by atoms with Crippen LogP contribution in [0.2, 0.25) is 0 Å². The minimum Gasteiger partial charge on any atom is -0.494 e. The van der Waals surface area contributed by atoms with E-state index in [-0.39, 0.29) is 0 Å². The molecule has 0 saturated carbocycles. The number of nitrogens with zero attached hydrogens (tertiary/aromatic N) is 3. The Bertz CT molecular complexity index is 443. The molecule has 0 amide bonds. The Morgan fingerprint density at radius 2 is 2.00 bits per heavy atom. The zero-order valence-corrected chi connectivity index (χ0v) is 9.04. The standard InChI is InChI=1S/C11H11N3O2/c1-15-9-4-3-5-13-10(9)8-6-12-7-14-11(8)16-2/h3-7H,1-2H3. The molecule has 0 aliphatic heterocycles. The monoisotopic (exact) mass is 217 g/mol. The summed E-state index contributed by atoms with van der Waals surface area (Å²) in [5, 5.41) is 0. The van der Waals surface area contributed by atoms with Crippen LogP contribution in [0.1, 0.15) is 0 Å². The van der Waals surface area contributed by atoms with Crippen LogP contribution in [-0.4, -0.2) is 29.2 Å². The molecule has 16 heavy (non-hydrogen) atoms. The molecule has 5 heteroatoms. The first-order valence-corrected chi connectivity index (χ1v) is 4.70. The Kier molecular flexibility index (Phi) is 2.95. The lowest BCUT2D eigenvalue weighted by Gasteiger charge is -2.08. The number of aromatic nitrogens is 3. The van der Waals surface area contributed by atoms with Crippen molar-refractivity contribution in [3.05, 3.63) is 30.9 Å². The molecule has 5 nitrogen and oxygen atoms in total. The van der Waals surface area contributed by atoms with Gasteiger partial charge in [0, 0.05) is 12.4 Å². The summed E-state index contributed by atoms with van der Waals surface area (Å²) in [4.78, 5) is 12.2. The summed E-state index contributed by atoms with van der Waals surface area (Å²) in [6, 6.07) is 3.63. The lowest BCUT2D eigenvalue weighted by atomic mass is 10.2. The Morgan fingerprint density at radius 1 is 1.12 bits per heavy atom. The SMILES string of the molecule is COc1cccnc1-c1cncnc1OC. The molecular formula is C11H11N3O2. The summed E-state index contributed by atoms with van der Waals surface area (Å²) in [6.07, 6.45) is 4.76. The van der Waals surface area contributed by atoms with Gasteiger partial charge in [0.1, 0.15) is 17.8 Å². The second-order valence-electron chi connectivity index (χ2n) is 3.00. The molecule has 0 aromatic carbocycles. The smallest absolute Gasteiger partial charge is 0.225 e. The summed E-state index contributed by atoms with van der Waals surface area (Å²) in [6.45, 7) is 0. The van der Waals surface area contributed by atoms with Crippen molar-refractivity contribution in [3.8, 4) is 22.9 Å². The maximum atomic E-state index is 5.23. The predicted molar refractivity (Wildman–Crippen MR) is 58.4 cm³/mol. The molecule has 82 valence electrons. The molecule has 0 N–H and O–H groups in total. The molecule has 0 atom stereocenters. The van der Waals surface area contributed by atoms with Crippen LogP contribution in [0.25, 0.3) is 11.3 Å². The molecule has 0 saturated heterocycles. The predicted octanol–water partition coefficient (Wildman–Crippen LogP) is 1.56. The van der Waals surface area contributed by atoms with Crippen LogP contribution in [0.3, 0.4) is 0 Å². The van der Waals surface area contributed by atoms with Crippen molar-refractivity contribution in [2.24, 2.45) is 0 Å². The van der Waals surface area contributed by atoms with Crippen molar-refractivity contribution in [1.29, 1.82) is 0 Å². The molecule has 2 heterocycles. The highest BCUT2D eigenvalue weighted by atomic mass is 16.5. The Morgan fingerprint density at radius 3 is 2.75 bits per heavy atom. The summed E-state index contributed by atoms with van der Waals surface area (Å²) in [5.74, 6) is 1.14. The largest absolute Gasteiger partial charge is 0.494 e. The molecule has 0 spiro atoms. The van der Waals surface area contributed by atoms with Gasteiger partial charge >= 0.3 is 0 Å². The minimum atomic E-state index is 0.479. The third-order valence-electron chi connectivity index (χ3n) is 2.11. The van der Waals surface area contributed by atoms with Gasteiger partial charge in [-0.2, -0.15) is 0 Å². The fraction of sp³-hybridized carbons (Fsp3) is 0.182. The van der Waals surface area contributed by atoms with E-state index in [2.05, 4.69) is 15.0 Å². The number of methoxy groups -OCH3 is 2. The van der Waals surface area contributed by atoms with Crippen LogP contribution >= 0.6 is 0 Å². The Hall–Kier alpha value is -2.17. The molecule has 0 unspecified atom stereocenters. The van der Waals surface area contributed by atoms with E-state index in [4.69, 9.17) is 9.47 Å². The van der Waals surface area contributed by atoms with Gasteiger partial charge in [-0.05, 0) is 12.1 Å². The molecule has 0 aliphatic rings. The van der Waals surface area contributed by atoms with Gasteiger partial charge in [-0.3, -0.25) is 4.98 Å². The maximum Gasteiger partial charge on any atom is 0.225 e. The van der Waals surface area contributed by atoms with Crippen molar-refractivity contribution >= 4 is 0 Å². The average Bonchev–Trinajstić information content (AvgIpc) is 2.38. The third kappa shape index (κ3) is 1.79. The molecule has 0 radical (unpaired) electrons. The second kappa shape index (κ2) is 4.57. The first-order valence-electron chi connectivity index (χ1n) is 4.70. The molecule has 0 aliphatic carbocycles. The normalized spacial score (nSPS) is 9.88. The third-order valence-corrected chi connectivity index (χ3v) is 2.11. The molecule has 2 aromatic heterocycles. The topological polar surface area (TPSA) is 57.1 Å². The van der Waals surface area contributed by atoms with Gasteiger partial charge in [-0.15, -0.1) is 0 Å². The fourth-order valence-electron chi connectivity index (χ4n) is 1.40. The minimum absolute atomic E-state index is 0.479. The second-order valence-corrected chi connectivity index (χ2v) is 3.00. The van der Waals surface area contributed by atoms with E-state index in [1.807, 2.05) is 6.07 Å². The van der Waals surface area contributed by atoms with Crippen LogP contribution < -0.4 is 9.47 Å². The molecule has 2 aromatic rings. The van der Waals surface area contributed by atoms with Crippen molar-refractivity contribution in [3.63, 3.8) is 0 Å². The fourth-order valence-corrected chi connectivity index (χ4v) is 1.40. The van der Waals surface area contributed by atoms with Crippen LogP contribution in [0.15, 0.2) is 30.9 Å². The summed E-state index contributed by atoms with van der Waals surface area (Å²) < 4.78 is 10.4. The van der Waals surface area contributed by atoms with Gasteiger partial charge in [-0.1, -0.05) is 0 Å². The van der Waals surface area contributed by atoms with Crippen LogP contribution in [0.5, 0.6) is 11.6 Å². The van der Waals surface area contributed by atoms with E-state index >= 15 is 0 Å². The lowest BCUT2D eigenvalue weighted by Crippen LogP contribution is -1.96. The van der Waals surface area contributed by atoms with E-state index in [0.29, 0.717) is 22.9 Å². The Labute approximate surface area is 93.1 Å². The average molecular weight is 217 g/mol. The van der Waals surface area contributed by atoms with E-state index in [1.54, 1.807) is 32.7 Å². The maximum absolute atomic E-state index is 5.23. The van der Waals surface area contributed by atoms with Gasteiger partial charge in [0.2, 0.25) is 5.88 Å². The number of hydrogen-bond donors (Lipinski definition) is 0. The van der Waals surface area contributed by atoms with E-state index in [0.717, 1.165) is 0 Å². The first kappa shape index (κ1) is 10.4. The van der Waals surface area contributed by atoms with E-state index < -0.39 is 0 Å². The van der Waals surface area contributed by atoms with E-state index in [9.17, 15) is 0 Å². The molecular weight excluding hydrogens is 206 g/mol. The lowest BCUT2D eigenvalue weighted by molar-refractivity contribution is 0.396. The summed E-state index contributed by atoms with van der Waals surface area (Å²) in [5.41, 5.74) is 1.38. The molecule has 0 bridgehead atoms. The van der Waals surface area contributed by atoms with Crippen LogP contribution in [0, 0.1) is 0 Å². The van der Waals surface area contributed by atoms with Crippen molar-refractivity contribution in [2.45, 2.75) is 0 Å². The number of rotatable bonds is 3. The Balaban J connectivity index is 2.58. The highest BCUT2D eigenvalue weighted by molar-refractivity contribution is 5.69. The number of pyridine rings is 1. The first-order chi connectivity index (χ1) is 7.86. The van der Waals surface area contributed by atoms with Gasteiger partial charge in [0.25, 0.3) is 0 Å². The quantitative estimate of drug-likeness (QED) is 0.780. The van der Waals surface area contributed by atoms with Gasteiger partial charge in [0.15, 0.2) is 0 Å². The van der Waals surface area contributed by atoms with Gasteiger partial charge < -0.3 is 9.47 Å². The zero-order valence-electron chi connectivity index (χ0n) is 9.04. The van der Waals surface area contributed by atoms with Gasteiger partial charge in [-0.25, -0.2) is 9.97 Å². The molecule has 2 rings (SSSR count). The summed E-state index contributed by atoms with van der Waals surface area (Å²) >= 11 is 0. The highest BCUT2D eigenvalue weighted by Crippen LogP contribution is 2.31. The van der Waals surface area contributed by atoms with Crippen molar-refractivity contribution in [1.82, 2.24) is 15.0 Å². The molecule has 0 fully saturated rings. The van der Waals surface area contributed by atoms with E-state index in [1.165, 1.54) is 6.33 Å². The van der Waals surface area contributed by atoms with Crippen molar-refractivity contribution in [2.75, 3.05) is 14.2 Å². The van der Waals surface area contributed by atoms with Crippen LogP contribution in [0.4, 0.5) is 0 Å².